The van der Waals surface area contributed by atoms with E-state index in [2.05, 4.69) is 20.4 Å². The number of amides is 1. The van der Waals surface area contributed by atoms with Crippen LogP contribution in [0.3, 0.4) is 0 Å². The Labute approximate surface area is 320 Å². The molecule has 1 spiro atoms. The first-order chi connectivity index (χ1) is 25.7. The zero-order chi connectivity index (χ0) is 38.9. The third-order valence-electron chi connectivity index (χ3n) is 9.51. The summed E-state index contributed by atoms with van der Waals surface area (Å²) in [6, 6.07) is 12.6. The van der Waals surface area contributed by atoms with Gasteiger partial charge in [0, 0.05) is 53.7 Å². The van der Waals surface area contributed by atoms with Gasteiger partial charge in [-0.1, -0.05) is 41.9 Å². The van der Waals surface area contributed by atoms with Crippen LogP contribution in [0.1, 0.15) is 60.0 Å². The Hall–Kier alpha value is -4.93. The summed E-state index contributed by atoms with van der Waals surface area (Å²) in [7, 11) is -0.736. The molecule has 6 rings (SSSR count). The number of nitrogens with zero attached hydrogens (tertiary/aromatic N) is 3. The van der Waals surface area contributed by atoms with Gasteiger partial charge in [0.05, 0.1) is 20.0 Å². The Morgan fingerprint density at radius 2 is 1.87 bits per heavy atom. The topological polar surface area (TPSA) is 197 Å². The number of thioether (sulfide) groups is 1. The largest absolute Gasteiger partial charge is 0.507 e. The molecule has 1 amide bonds. The number of aromatic nitrogens is 3. The van der Waals surface area contributed by atoms with Crippen molar-refractivity contribution in [1.82, 2.24) is 20.4 Å². The number of methoxy groups -OCH3 is 2. The van der Waals surface area contributed by atoms with Gasteiger partial charge in [-0.2, -0.15) is 4.98 Å². The van der Waals surface area contributed by atoms with Crippen LogP contribution in [0.5, 0.6) is 17.2 Å². The van der Waals surface area contributed by atoms with E-state index < -0.39 is 63.0 Å². The smallest absolute Gasteiger partial charge is 0.249 e. The Morgan fingerprint density at radius 3 is 2.50 bits per heavy atom. The van der Waals surface area contributed by atoms with Gasteiger partial charge < -0.3 is 29.2 Å². The fraction of sp³-hybridized carbons (Fsp3) is 0.351. The van der Waals surface area contributed by atoms with Gasteiger partial charge in [-0.25, -0.2) is 8.42 Å². The van der Waals surface area contributed by atoms with Gasteiger partial charge in [0.2, 0.25) is 29.0 Å². The van der Waals surface area contributed by atoms with Crippen molar-refractivity contribution in [2.75, 3.05) is 32.5 Å². The highest BCUT2D eigenvalue weighted by Crippen LogP contribution is 2.55. The summed E-state index contributed by atoms with van der Waals surface area (Å²) in [5.74, 6) is -4.44. The van der Waals surface area contributed by atoms with E-state index in [-0.39, 0.29) is 63.7 Å². The molecule has 17 heteroatoms. The Balaban J connectivity index is 1.41. The maximum atomic E-state index is 14.4. The predicted molar refractivity (Wildman–Crippen MR) is 199 cm³/mol. The molecule has 1 aliphatic heterocycles. The number of carbonyl (C=O) groups excluding carboxylic acids is 3. The minimum absolute atomic E-state index is 0.0204. The van der Waals surface area contributed by atoms with Crippen molar-refractivity contribution in [2.24, 2.45) is 5.92 Å². The van der Waals surface area contributed by atoms with Crippen molar-refractivity contribution in [3.05, 3.63) is 88.1 Å². The summed E-state index contributed by atoms with van der Waals surface area (Å²) in [6.45, 7) is 1.61. The summed E-state index contributed by atoms with van der Waals surface area (Å²) in [5.41, 5.74) is -1.39. The van der Waals surface area contributed by atoms with Crippen LogP contribution < -0.4 is 19.5 Å². The molecule has 0 radical (unpaired) electrons. The van der Waals surface area contributed by atoms with E-state index >= 15 is 0 Å². The third-order valence-corrected chi connectivity index (χ3v) is 11.6. The molecule has 0 fully saturated rings. The molecular formula is C37H37ClN4O10S2. The quantitative estimate of drug-likeness (QED) is 0.156. The summed E-state index contributed by atoms with van der Waals surface area (Å²) < 4.78 is 47.1. The van der Waals surface area contributed by atoms with Gasteiger partial charge in [0.1, 0.15) is 43.7 Å². The van der Waals surface area contributed by atoms with Crippen LogP contribution in [0.15, 0.2) is 75.5 Å². The normalized spacial score (nSPS) is 19.3. The first kappa shape index (κ1) is 38.8. The molecule has 2 unspecified atom stereocenters. The molecule has 1 aliphatic carbocycles. The molecule has 2 aromatic heterocycles. The predicted octanol–water partition coefficient (Wildman–Crippen LogP) is 5.73. The van der Waals surface area contributed by atoms with E-state index in [1.165, 1.54) is 32.0 Å². The lowest BCUT2D eigenvalue weighted by Crippen LogP contribution is -2.53. The molecular weight excluding hydrogens is 760 g/mol. The number of pyridine rings is 1. The Morgan fingerprint density at radius 1 is 1.15 bits per heavy atom. The molecule has 0 saturated heterocycles. The number of aliphatic hydroxyl groups is 1. The zero-order valence-corrected chi connectivity index (χ0v) is 32.3. The number of hydrogen-bond acceptors (Lipinski definition) is 14. The zero-order valence-electron chi connectivity index (χ0n) is 29.9. The SMILES string of the molecule is COc1cc(OC)c2c(c1Cl)O[C@]1(C2=O)C(O)=C(C(CC(=O)NC(CCS(C)(=O)=O)c2nc(-c3ccccn3)no2)c2ccc(SC)cc2)C(=O)C[C@H]1C. The highest BCUT2D eigenvalue weighted by Gasteiger charge is 2.61. The number of Topliss-reactive ketones (excluding diaryl/α,β-unsaturated/α-hetero) is 2. The average molecular weight is 797 g/mol. The fourth-order valence-electron chi connectivity index (χ4n) is 6.77. The van der Waals surface area contributed by atoms with Crippen molar-refractivity contribution in [3.8, 4) is 28.8 Å². The highest BCUT2D eigenvalue weighted by atomic mass is 35.5. The van der Waals surface area contributed by atoms with Crippen LogP contribution >= 0.6 is 23.4 Å². The number of aliphatic hydroxyl groups excluding tert-OH is 1. The van der Waals surface area contributed by atoms with E-state index in [4.69, 9.17) is 30.3 Å². The number of hydrogen-bond donors (Lipinski definition) is 2. The number of ketones is 2. The summed E-state index contributed by atoms with van der Waals surface area (Å²) in [6.07, 6.45) is 3.77. The molecule has 0 saturated carbocycles. The molecule has 284 valence electrons. The second-order valence-corrected chi connectivity index (χ2v) is 16.5. The van der Waals surface area contributed by atoms with Crippen molar-refractivity contribution in [2.45, 2.75) is 48.6 Å². The number of carbonyl (C=O) groups is 3. The first-order valence-electron chi connectivity index (χ1n) is 16.7. The van der Waals surface area contributed by atoms with Crippen LogP contribution in [0.25, 0.3) is 11.5 Å². The van der Waals surface area contributed by atoms with Crippen molar-refractivity contribution < 1.29 is 46.6 Å². The number of halogens is 1. The fourth-order valence-corrected chi connectivity index (χ4v) is 8.10. The molecule has 4 atom stereocenters. The summed E-state index contributed by atoms with van der Waals surface area (Å²) in [4.78, 5) is 52.1. The van der Waals surface area contributed by atoms with E-state index in [9.17, 15) is 27.9 Å². The molecule has 2 N–H and O–H groups in total. The number of nitrogens with one attached hydrogen (secondary N) is 1. The Kier molecular flexibility index (Phi) is 11.1. The van der Waals surface area contributed by atoms with Crippen molar-refractivity contribution in [3.63, 3.8) is 0 Å². The van der Waals surface area contributed by atoms with Crippen LogP contribution in [-0.2, 0) is 19.4 Å². The number of allylic oxidation sites excluding steroid dienone is 1. The second-order valence-electron chi connectivity index (χ2n) is 13.0. The standard InChI is InChI=1S/C37H37ClN4O10S2/c1-19-16-25(43)29(33(45)37(19)34(46)30-26(49-2)18-27(50-3)31(38)32(30)51-37)22(20-9-11-21(53-4)12-10-20)17-28(44)40-24(13-15-54(5,47)48)36-41-35(42-52-36)23-8-6-7-14-39-23/h6-12,14,18-19,22,24,45H,13,15-17H2,1-5H3,(H,40,44)/t19-,22?,24?,37+/m1/s1. The van der Waals surface area contributed by atoms with Gasteiger partial charge >= 0.3 is 0 Å². The number of rotatable bonds is 13. The molecule has 14 nitrogen and oxygen atoms in total. The first-order valence-corrected chi connectivity index (χ1v) is 20.4. The van der Waals surface area contributed by atoms with Gasteiger partial charge in [-0.15, -0.1) is 11.8 Å². The lowest BCUT2D eigenvalue weighted by molar-refractivity contribution is -0.122. The van der Waals surface area contributed by atoms with Crippen molar-refractivity contribution >= 4 is 50.7 Å². The minimum atomic E-state index is -3.48. The average Bonchev–Trinajstić information content (AvgIpc) is 3.77. The van der Waals surface area contributed by atoms with Gasteiger partial charge in [0.15, 0.2) is 17.3 Å². The van der Waals surface area contributed by atoms with Crippen LogP contribution in [0.4, 0.5) is 0 Å². The molecule has 3 heterocycles. The van der Waals surface area contributed by atoms with E-state index in [0.717, 1.165) is 11.2 Å². The number of sulfone groups is 1. The van der Waals surface area contributed by atoms with Crippen LogP contribution in [-0.4, -0.2) is 84.2 Å². The third kappa shape index (κ3) is 7.29. The number of fused-ring (bicyclic) bond motifs is 1. The minimum Gasteiger partial charge on any atom is -0.507 e. The van der Waals surface area contributed by atoms with Gasteiger partial charge in [-0.05, 0) is 42.5 Å². The van der Waals surface area contributed by atoms with Crippen molar-refractivity contribution in [1.29, 1.82) is 0 Å². The van der Waals surface area contributed by atoms with Gasteiger partial charge in [0.25, 0.3) is 0 Å². The summed E-state index contributed by atoms with van der Waals surface area (Å²) >= 11 is 8.11. The maximum Gasteiger partial charge on any atom is 0.249 e. The molecule has 4 aromatic rings. The second kappa shape index (κ2) is 15.4. The van der Waals surface area contributed by atoms with E-state index in [1.807, 2.05) is 18.4 Å². The summed E-state index contributed by atoms with van der Waals surface area (Å²) in [5, 5.41) is 19.0. The number of benzene rings is 2. The lowest BCUT2D eigenvalue weighted by atomic mass is 9.69. The van der Waals surface area contributed by atoms with Crippen LogP contribution in [0, 0.1) is 5.92 Å². The number of ether oxygens (including phenoxy) is 3. The van der Waals surface area contributed by atoms with E-state index in [1.54, 1.807) is 43.5 Å². The highest BCUT2D eigenvalue weighted by molar-refractivity contribution is 7.98. The molecule has 54 heavy (non-hydrogen) atoms. The van der Waals surface area contributed by atoms with Gasteiger partial charge in [-0.3, -0.25) is 19.4 Å². The van der Waals surface area contributed by atoms with Crippen LogP contribution in [0.2, 0.25) is 5.02 Å². The molecule has 0 bridgehead atoms. The monoisotopic (exact) mass is 796 g/mol. The van der Waals surface area contributed by atoms with E-state index in [0.29, 0.717) is 11.3 Å². The molecule has 2 aromatic carbocycles. The molecule has 2 aliphatic rings. The maximum absolute atomic E-state index is 14.4. The lowest BCUT2D eigenvalue weighted by Gasteiger charge is -2.38. The Bertz CT molecular complexity index is 2250.